The normalized spacial score (nSPS) is 22.8. The van der Waals surface area contributed by atoms with Crippen LogP contribution in [-0.4, -0.2) is 66.1 Å². The lowest BCUT2D eigenvalue weighted by Gasteiger charge is -2.27. The molecule has 27 heavy (non-hydrogen) atoms. The molecular weight excluding hydrogens is 342 g/mol. The van der Waals surface area contributed by atoms with Gasteiger partial charge in [0.25, 0.3) is 0 Å². The van der Waals surface area contributed by atoms with Crippen LogP contribution in [0.25, 0.3) is 16.8 Å². The number of hydrogen-bond donors (Lipinski definition) is 1. The van der Waals surface area contributed by atoms with Gasteiger partial charge in [-0.2, -0.15) is 0 Å². The van der Waals surface area contributed by atoms with Crippen molar-refractivity contribution in [2.75, 3.05) is 19.6 Å². The molecule has 2 fully saturated rings. The minimum absolute atomic E-state index is 0.184. The van der Waals surface area contributed by atoms with Crippen LogP contribution in [0, 0.1) is 5.92 Å². The van der Waals surface area contributed by atoms with Crippen LogP contribution in [0.1, 0.15) is 44.9 Å². The van der Waals surface area contributed by atoms with Gasteiger partial charge >= 0.3 is 6.03 Å². The number of carbonyl (C=O) groups excluding carboxylic acids is 1. The molecule has 0 aromatic carbocycles. The largest absolute Gasteiger partial charge is 0.345 e. The fourth-order valence-corrected chi connectivity index (χ4v) is 4.49. The molecule has 0 bridgehead atoms. The molecule has 0 spiro atoms. The Morgan fingerprint density at radius 1 is 1.30 bits per heavy atom. The summed E-state index contributed by atoms with van der Waals surface area (Å²) >= 11 is 0. The van der Waals surface area contributed by atoms with E-state index in [1.165, 1.54) is 0 Å². The van der Waals surface area contributed by atoms with E-state index in [1.807, 2.05) is 22.1 Å². The van der Waals surface area contributed by atoms with Gasteiger partial charge in [-0.25, -0.2) is 9.78 Å². The number of hydrogen-bond acceptors (Lipinski definition) is 4. The highest BCUT2D eigenvalue weighted by Crippen LogP contribution is 2.36. The number of urea groups is 1. The van der Waals surface area contributed by atoms with Crippen molar-refractivity contribution in [2.24, 2.45) is 5.92 Å². The highest BCUT2D eigenvalue weighted by molar-refractivity contribution is 5.76. The highest BCUT2D eigenvalue weighted by Gasteiger charge is 2.41. The molecule has 1 aliphatic heterocycles. The monoisotopic (exact) mass is 367 g/mol. The number of nitrogens with one attached hydrogen (secondary N) is 1. The van der Waals surface area contributed by atoms with Crippen molar-refractivity contribution in [1.29, 1.82) is 0 Å². The third-order valence-electron chi connectivity index (χ3n) is 6.11. The van der Waals surface area contributed by atoms with Gasteiger partial charge in [-0.05, 0) is 31.7 Å². The summed E-state index contributed by atoms with van der Waals surface area (Å²) in [6.07, 6.45) is 6.93. The second-order valence-electron chi connectivity index (χ2n) is 7.70. The molecule has 2 aliphatic rings. The Morgan fingerprint density at radius 2 is 2.15 bits per heavy atom. The molecule has 3 aromatic heterocycles. The third kappa shape index (κ3) is 2.57. The van der Waals surface area contributed by atoms with E-state index >= 15 is 0 Å². The molecular formula is C19H25N7O. The standard InChI is InChI=1S/C19H25N7O/c1-3-12-10-24(19(27)25(4-2)13-5-6-13)11-14(12)18-23-22-16-9-21-17-15(26(16)18)7-8-20-17/h7-9,12-14,20H,3-6,10-11H2,1-2H3/t12-,14+/m1/s1. The number of aromatic amines is 1. The van der Waals surface area contributed by atoms with Crippen LogP contribution in [-0.2, 0) is 0 Å². The molecule has 5 rings (SSSR count). The number of fused-ring (bicyclic) bond motifs is 3. The lowest BCUT2D eigenvalue weighted by Crippen LogP contribution is -2.43. The number of rotatable bonds is 4. The molecule has 1 aliphatic carbocycles. The lowest BCUT2D eigenvalue weighted by atomic mass is 9.93. The molecule has 0 unspecified atom stereocenters. The van der Waals surface area contributed by atoms with Gasteiger partial charge in [0, 0.05) is 37.8 Å². The van der Waals surface area contributed by atoms with E-state index in [-0.39, 0.29) is 11.9 Å². The Kier molecular flexibility index (Phi) is 3.80. The summed E-state index contributed by atoms with van der Waals surface area (Å²) in [5.41, 5.74) is 2.57. The first-order valence-corrected chi connectivity index (χ1v) is 9.93. The fourth-order valence-electron chi connectivity index (χ4n) is 4.49. The molecule has 8 nitrogen and oxygen atoms in total. The van der Waals surface area contributed by atoms with Gasteiger partial charge in [0.1, 0.15) is 5.82 Å². The molecule has 3 aromatic rings. The Bertz CT molecular complexity index is 988. The molecule has 1 saturated heterocycles. The molecule has 1 N–H and O–H groups in total. The van der Waals surface area contributed by atoms with Crippen LogP contribution < -0.4 is 0 Å². The van der Waals surface area contributed by atoms with Crippen molar-refractivity contribution in [3.8, 4) is 0 Å². The van der Waals surface area contributed by atoms with Crippen molar-refractivity contribution >= 4 is 22.8 Å². The van der Waals surface area contributed by atoms with Gasteiger partial charge in [0.2, 0.25) is 0 Å². The van der Waals surface area contributed by atoms with E-state index in [0.29, 0.717) is 18.5 Å². The predicted octanol–water partition coefficient (Wildman–Crippen LogP) is 2.64. The number of nitrogens with zero attached hydrogens (tertiary/aromatic N) is 6. The molecule has 2 amide bonds. The summed E-state index contributed by atoms with van der Waals surface area (Å²) in [6, 6.07) is 2.64. The second-order valence-corrected chi connectivity index (χ2v) is 7.70. The van der Waals surface area contributed by atoms with Crippen LogP contribution in [0.4, 0.5) is 4.79 Å². The maximum absolute atomic E-state index is 13.1. The second kappa shape index (κ2) is 6.21. The number of carbonyl (C=O) groups is 1. The highest BCUT2D eigenvalue weighted by atomic mass is 16.2. The molecule has 8 heteroatoms. The maximum Gasteiger partial charge on any atom is 0.320 e. The van der Waals surface area contributed by atoms with E-state index in [2.05, 4.69) is 38.4 Å². The number of H-pyrrole nitrogens is 1. The van der Waals surface area contributed by atoms with Gasteiger partial charge in [0.15, 0.2) is 11.3 Å². The maximum atomic E-state index is 13.1. The Hall–Kier alpha value is -2.64. The average molecular weight is 367 g/mol. The Balaban J connectivity index is 1.50. The minimum Gasteiger partial charge on any atom is -0.345 e. The van der Waals surface area contributed by atoms with E-state index in [9.17, 15) is 4.79 Å². The van der Waals surface area contributed by atoms with Crippen LogP contribution in [0.5, 0.6) is 0 Å². The Morgan fingerprint density at radius 3 is 2.89 bits per heavy atom. The summed E-state index contributed by atoms with van der Waals surface area (Å²) in [5.74, 6) is 1.52. The zero-order valence-electron chi connectivity index (χ0n) is 15.8. The van der Waals surface area contributed by atoms with E-state index in [1.54, 1.807) is 6.20 Å². The molecule has 142 valence electrons. The Labute approximate surface area is 157 Å². The minimum atomic E-state index is 0.184. The van der Waals surface area contributed by atoms with Crippen molar-refractivity contribution < 1.29 is 4.79 Å². The molecule has 2 atom stereocenters. The number of aromatic nitrogens is 5. The molecule has 1 saturated carbocycles. The summed E-state index contributed by atoms with van der Waals surface area (Å²) < 4.78 is 2.10. The topological polar surface area (TPSA) is 82.4 Å². The molecule has 0 radical (unpaired) electrons. The lowest BCUT2D eigenvalue weighted by molar-refractivity contribution is 0.160. The summed E-state index contributed by atoms with van der Waals surface area (Å²) in [6.45, 7) is 6.55. The van der Waals surface area contributed by atoms with Crippen LogP contribution in [0.2, 0.25) is 0 Å². The van der Waals surface area contributed by atoms with Gasteiger partial charge in [0.05, 0.1) is 11.7 Å². The summed E-state index contributed by atoms with van der Waals surface area (Å²) in [7, 11) is 0. The zero-order valence-corrected chi connectivity index (χ0v) is 15.8. The quantitative estimate of drug-likeness (QED) is 0.768. The van der Waals surface area contributed by atoms with Gasteiger partial charge in [-0.15, -0.1) is 10.2 Å². The smallest absolute Gasteiger partial charge is 0.320 e. The fraction of sp³-hybridized carbons (Fsp3) is 0.579. The van der Waals surface area contributed by atoms with Gasteiger partial charge in [-0.1, -0.05) is 13.3 Å². The first-order valence-electron chi connectivity index (χ1n) is 9.93. The van der Waals surface area contributed by atoms with Crippen LogP contribution in [0.15, 0.2) is 18.5 Å². The van der Waals surface area contributed by atoms with Crippen molar-refractivity contribution in [3.05, 3.63) is 24.3 Å². The summed E-state index contributed by atoms with van der Waals surface area (Å²) in [5, 5.41) is 8.86. The number of amides is 2. The third-order valence-corrected chi connectivity index (χ3v) is 6.11. The number of likely N-dealkylation sites (tertiary alicyclic amines) is 1. The van der Waals surface area contributed by atoms with E-state index < -0.39 is 0 Å². The van der Waals surface area contributed by atoms with E-state index in [4.69, 9.17) is 0 Å². The zero-order chi connectivity index (χ0) is 18.5. The average Bonchev–Trinajstić information content (AvgIpc) is 3.12. The van der Waals surface area contributed by atoms with Crippen LogP contribution in [0.3, 0.4) is 0 Å². The SMILES string of the molecule is CC[C@@H]1CN(C(=O)N(CC)C2CC2)C[C@@H]1c1nnc2cnc3[nH]ccc3n12. The molecule has 4 heterocycles. The van der Waals surface area contributed by atoms with E-state index in [0.717, 1.165) is 55.0 Å². The van der Waals surface area contributed by atoms with Crippen molar-refractivity contribution in [1.82, 2.24) is 34.4 Å². The first-order chi connectivity index (χ1) is 13.2. The van der Waals surface area contributed by atoms with Crippen LogP contribution >= 0.6 is 0 Å². The van der Waals surface area contributed by atoms with Gasteiger partial charge < -0.3 is 14.8 Å². The van der Waals surface area contributed by atoms with Crippen molar-refractivity contribution in [2.45, 2.75) is 45.1 Å². The van der Waals surface area contributed by atoms with Crippen molar-refractivity contribution in [3.63, 3.8) is 0 Å². The van der Waals surface area contributed by atoms with Gasteiger partial charge in [-0.3, -0.25) is 4.40 Å². The summed E-state index contributed by atoms with van der Waals surface area (Å²) in [4.78, 5) is 24.7. The predicted molar refractivity (Wildman–Crippen MR) is 102 cm³/mol. The first kappa shape index (κ1) is 16.5.